The Bertz CT molecular complexity index is 152. The Morgan fingerprint density at radius 3 is 1.19 bits per heavy atom. The fourth-order valence-corrected chi connectivity index (χ4v) is 2.30. The third kappa shape index (κ3) is 28.8. The molecular formula is C15H38N2O3Si. The van der Waals surface area contributed by atoms with Gasteiger partial charge in [0.2, 0.25) is 0 Å². The van der Waals surface area contributed by atoms with E-state index in [-0.39, 0.29) is 0 Å². The first kappa shape index (κ1) is 23.3. The minimum Gasteiger partial charge on any atom is -0.376 e. The number of hydrogen-bond acceptors (Lipinski definition) is 5. The predicted octanol–water partition coefficient (Wildman–Crippen LogP) is 2.45. The van der Waals surface area contributed by atoms with Crippen molar-refractivity contribution < 1.29 is 13.3 Å². The maximum atomic E-state index is 5.28. The molecule has 0 spiro atoms. The molecule has 0 saturated heterocycles. The lowest BCUT2D eigenvalue weighted by Crippen LogP contribution is -2.27. The second-order valence-electron chi connectivity index (χ2n) is 4.71. The van der Waals surface area contributed by atoms with Crippen molar-refractivity contribution in [2.45, 2.75) is 65.7 Å². The van der Waals surface area contributed by atoms with Crippen molar-refractivity contribution in [2.24, 2.45) is 11.5 Å². The van der Waals surface area contributed by atoms with Gasteiger partial charge in [0.15, 0.2) is 0 Å². The van der Waals surface area contributed by atoms with Crippen LogP contribution in [0.5, 0.6) is 0 Å². The molecular weight excluding hydrogens is 284 g/mol. The van der Waals surface area contributed by atoms with E-state index in [9.17, 15) is 0 Å². The lowest BCUT2D eigenvalue weighted by Gasteiger charge is -2.12. The highest BCUT2D eigenvalue weighted by atomic mass is 28.3. The quantitative estimate of drug-likeness (QED) is 0.451. The molecule has 0 heterocycles. The highest BCUT2D eigenvalue weighted by Crippen LogP contribution is 2.14. The highest BCUT2D eigenvalue weighted by molar-refractivity contribution is 6.36. The summed E-state index contributed by atoms with van der Waals surface area (Å²) in [5.74, 6) is 0. The normalized spacial score (nSPS) is 12.3. The van der Waals surface area contributed by atoms with Crippen LogP contribution in [0.15, 0.2) is 0 Å². The summed E-state index contributed by atoms with van der Waals surface area (Å²) in [6, 6.07) is 0. The van der Waals surface area contributed by atoms with Crippen LogP contribution in [0.25, 0.3) is 0 Å². The zero-order chi connectivity index (χ0) is 16.2. The Kier molecular flexibility index (Phi) is 24.7. The molecule has 0 unspecified atom stereocenters. The average Bonchev–Trinajstić information content (AvgIpc) is 3.34. The summed E-state index contributed by atoms with van der Waals surface area (Å²) in [6.07, 6.45) is 9.29. The summed E-state index contributed by atoms with van der Waals surface area (Å²) in [4.78, 5) is 0. The van der Waals surface area contributed by atoms with Crippen LogP contribution in [0.2, 0.25) is 0 Å². The maximum Gasteiger partial charge on any atom is 0.484 e. The van der Waals surface area contributed by atoms with Crippen LogP contribution < -0.4 is 11.5 Å². The van der Waals surface area contributed by atoms with E-state index in [2.05, 4.69) is 0 Å². The van der Waals surface area contributed by atoms with Crippen LogP contribution in [0.4, 0.5) is 0 Å². The van der Waals surface area contributed by atoms with Gasteiger partial charge in [-0.3, -0.25) is 0 Å². The topological polar surface area (TPSA) is 79.7 Å². The molecule has 0 aromatic heterocycles. The van der Waals surface area contributed by atoms with Gasteiger partial charge in [0.25, 0.3) is 0 Å². The van der Waals surface area contributed by atoms with E-state index < -0.39 is 9.53 Å². The van der Waals surface area contributed by atoms with E-state index in [0.717, 1.165) is 25.9 Å². The van der Waals surface area contributed by atoms with E-state index in [4.69, 9.17) is 24.7 Å². The molecule has 1 aliphatic rings. The van der Waals surface area contributed by atoms with E-state index >= 15 is 0 Å². The number of hydrogen-bond donors (Lipinski definition) is 2. The Balaban J connectivity index is 0. The zero-order valence-corrected chi connectivity index (χ0v) is 15.6. The Labute approximate surface area is 133 Å². The first-order valence-corrected chi connectivity index (χ1v) is 9.93. The summed E-state index contributed by atoms with van der Waals surface area (Å²) in [6.45, 7) is 9.51. The number of rotatable bonds is 11. The standard InChI is InChI=1S/C6H16N2.C6H16O3Si.C3H6/c7-5-3-1-2-4-6-8;1-4-7-10(8-5-2)9-6-3;1-2-3-1/h1-8H2;10H,4-6H2,1-3H3;1-3H2. The maximum absolute atomic E-state index is 5.28. The van der Waals surface area contributed by atoms with E-state index in [0.29, 0.717) is 19.8 Å². The molecule has 0 aliphatic heterocycles. The minimum absolute atomic E-state index is 0.677. The Morgan fingerprint density at radius 1 is 0.667 bits per heavy atom. The van der Waals surface area contributed by atoms with Crippen molar-refractivity contribution >= 4 is 9.53 Å². The van der Waals surface area contributed by atoms with Crippen LogP contribution in [0, 0.1) is 0 Å². The third-order valence-electron chi connectivity index (χ3n) is 2.42. The van der Waals surface area contributed by atoms with Crippen molar-refractivity contribution in [3.63, 3.8) is 0 Å². The number of unbranched alkanes of at least 4 members (excludes halogenated alkanes) is 3. The highest BCUT2D eigenvalue weighted by Gasteiger charge is 2.11. The monoisotopic (exact) mass is 322 g/mol. The molecule has 0 aromatic rings. The summed E-state index contributed by atoms with van der Waals surface area (Å²) >= 11 is 0. The first-order valence-electron chi connectivity index (χ1n) is 8.51. The van der Waals surface area contributed by atoms with Gasteiger partial charge >= 0.3 is 9.53 Å². The lowest BCUT2D eigenvalue weighted by atomic mass is 10.2. The van der Waals surface area contributed by atoms with Gasteiger partial charge in [-0.25, -0.2) is 0 Å². The second-order valence-corrected chi connectivity index (χ2v) is 6.28. The molecule has 6 heteroatoms. The Morgan fingerprint density at radius 2 is 1.00 bits per heavy atom. The summed E-state index contributed by atoms with van der Waals surface area (Å²) in [5.41, 5.74) is 10.6. The number of nitrogens with two attached hydrogens (primary N) is 2. The first-order chi connectivity index (χ1) is 10.3. The largest absolute Gasteiger partial charge is 0.484 e. The van der Waals surface area contributed by atoms with Crippen molar-refractivity contribution in [2.75, 3.05) is 32.9 Å². The van der Waals surface area contributed by atoms with Crippen LogP contribution in [0.3, 0.4) is 0 Å². The minimum atomic E-state index is -1.73. The van der Waals surface area contributed by atoms with Crippen LogP contribution in [-0.4, -0.2) is 42.4 Å². The van der Waals surface area contributed by atoms with Gasteiger partial charge in [-0.1, -0.05) is 32.1 Å². The summed E-state index contributed by atoms with van der Waals surface area (Å²) in [7, 11) is -1.73. The van der Waals surface area contributed by atoms with Crippen molar-refractivity contribution in [3.05, 3.63) is 0 Å². The molecule has 5 nitrogen and oxygen atoms in total. The van der Waals surface area contributed by atoms with Crippen molar-refractivity contribution in [1.29, 1.82) is 0 Å². The van der Waals surface area contributed by atoms with Gasteiger partial charge in [-0.05, 0) is 46.7 Å². The molecule has 0 radical (unpaired) electrons. The molecule has 130 valence electrons. The zero-order valence-electron chi connectivity index (χ0n) is 14.4. The Hall–Kier alpha value is 0.0169. The molecule has 1 rings (SSSR count). The molecule has 0 aromatic carbocycles. The predicted molar refractivity (Wildman–Crippen MR) is 92.5 cm³/mol. The van der Waals surface area contributed by atoms with Gasteiger partial charge in [0, 0.05) is 19.8 Å². The van der Waals surface area contributed by atoms with Crippen LogP contribution in [0.1, 0.15) is 65.7 Å². The van der Waals surface area contributed by atoms with Gasteiger partial charge in [-0.2, -0.15) is 0 Å². The fraction of sp³-hybridized carbons (Fsp3) is 1.00. The summed E-state index contributed by atoms with van der Waals surface area (Å²) in [5, 5.41) is 0. The van der Waals surface area contributed by atoms with Gasteiger partial charge in [0.05, 0.1) is 0 Å². The molecule has 1 fully saturated rings. The molecule has 4 N–H and O–H groups in total. The van der Waals surface area contributed by atoms with Gasteiger partial charge in [0.1, 0.15) is 0 Å². The molecule has 0 amide bonds. The van der Waals surface area contributed by atoms with Crippen molar-refractivity contribution in [1.82, 2.24) is 0 Å². The molecule has 0 atom stereocenters. The third-order valence-corrected chi connectivity index (χ3v) is 4.24. The fourth-order valence-electron chi connectivity index (χ4n) is 1.19. The lowest BCUT2D eigenvalue weighted by molar-refractivity contribution is 0.107. The SMILES string of the molecule is C1CC1.CCO[SiH](OCC)OCC.NCCCCCCN. The van der Waals surface area contributed by atoms with Gasteiger partial charge < -0.3 is 24.7 Å². The van der Waals surface area contributed by atoms with Crippen LogP contribution in [-0.2, 0) is 13.3 Å². The van der Waals surface area contributed by atoms with Crippen LogP contribution >= 0.6 is 0 Å². The molecule has 21 heavy (non-hydrogen) atoms. The van der Waals surface area contributed by atoms with Gasteiger partial charge in [-0.15, -0.1) is 0 Å². The smallest absolute Gasteiger partial charge is 0.376 e. The van der Waals surface area contributed by atoms with E-state index in [1.165, 1.54) is 32.1 Å². The van der Waals surface area contributed by atoms with E-state index in [1.807, 2.05) is 20.8 Å². The molecule has 0 bridgehead atoms. The second kappa shape index (κ2) is 22.3. The van der Waals surface area contributed by atoms with E-state index in [1.54, 1.807) is 0 Å². The molecule has 1 saturated carbocycles. The molecule has 1 aliphatic carbocycles. The van der Waals surface area contributed by atoms with Crippen molar-refractivity contribution in [3.8, 4) is 0 Å². The average molecular weight is 323 g/mol. The summed E-state index contributed by atoms with van der Waals surface area (Å²) < 4.78 is 15.7.